The number of carbonyl (C=O) groups is 1. The van der Waals surface area contributed by atoms with Gasteiger partial charge in [-0.3, -0.25) is 4.79 Å². The van der Waals surface area contributed by atoms with Crippen LogP contribution >= 0.6 is 23.2 Å². The van der Waals surface area contributed by atoms with Crippen LogP contribution in [0.15, 0.2) is 61.1 Å². The summed E-state index contributed by atoms with van der Waals surface area (Å²) >= 11 is 13.4. The number of benzene rings is 2. The molecule has 3 aromatic heterocycles. The Hall–Kier alpha value is -3.79. The van der Waals surface area contributed by atoms with Crippen molar-refractivity contribution in [3.05, 3.63) is 87.9 Å². The van der Waals surface area contributed by atoms with E-state index in [0.29, 0.717) is 38.1 Å². The highest BCUT2D eigenvalue weighted by Crippen LogP contribution is 2.41. The predicted octanol–water partition coefficient (Wildman–Crippen LogP) is 5.48. The first-order chi connectivity index (χ1) is 15.4. The van der Waals surface area contributed by atoms with E-state index in [4.69, 9.17) is 28.9 Å². The van der Waals surface area contributed by atoms with Crippen LogP contribution in [0.1, 0.15) is 21.6 Å². The maximum atomic E-state index is 13.2. The second-order valence-electron chi connectivity index (χ2n) is 7.41. The summed E-state index contributed by atoms with van der Waals surface area (Å²) in [6.07, 6.45) is 3.49. The molecule has 0 unspecified atom stereocenters. The maximum absolute atomic E-state index is 13.2. The minimum Gasteiger partial charge on any atom is -0.398 e. The average molecular weight is 460 g/mol. The molecule has 5 aromatic rings. The van der Waals surface area contributed by atoms with Crippen LogP contribution in [-0.2, 0) is 7.05 Å². The lowest BCUT2D eigenvalue weighted by Crippen LogP contribution is -2.06. The highest BCUT2D eigenvalue weighted by atomic mass is 35.5. The Morgan fingerprint density at radius 2 is 1.94 bits per heavy atom. The topological polar surface area (TPSA) is 89.1 Å². The third-order valence-corrected chi connectivity index (χ3v) is 6.21. The van der Waals surface area contributed by atoms with Crippen LogP contribution in [-0.4, -0.2) is 19.7 Å². The molecule has 5 rings (SSSR count). The van der Waals surface area contributed by atoms with Crippen LogP contribution in [0.25, 0.3) is 27.7 Å². The van der Waals surface area contributed by atoms with Crippen molar-refractivity contribution in [3.63, 3.8) is 0 Å². The normalized spacial score (nSPS) is 11.2. The molecule has 0 bridgehead atoms. The molecule has 32 heavy (non-hydrogen) atoms. The van der Waals surface area contributed by atoms with Gasteiger partial charge in [0.15, 0.2) is 0 Å². The summed E-state index contributed by atoms with van der Waals surface area (Å²) in [5.74, 6) is -0.226. The number of nitrogen functional groups attached to an aromatic ring is 1. The van der Waals surface area contributed by atoms with E-state index < -0.39 is 0 Å². The molecule has 0 saturated carbocycles. The number of imidazole rings is 1. The maximum Gasteiger partial charge on any atom is 0.209 e. The third kappa shape index (κ3) is 2.94. The molecule has 0 saturated heterocycles. The summed E-state index contributed by atoms with van der Waals surface area (Å²) in [5.41, 5.74) is 10.9. The predicted molar refractivity (Wildman–Crippen MR) is 126 cm³/mol. The molecule has 6 nitrogen and oxygen atoms in total. The molecule has 8 heteroatoms. The van der Waals surface area contributed by atoms with Gasteiger partial charge in [0, 0.05) is 35.6 Å². The molecular weight excluding hydrogens is 445 g/mol. The van der Waals surface area contributed by atoms with Gasteiger partial charge in [-0.2, -0.15) is 5.26 Å². The van der Waals surface area contributed by atoms with Gasteiger partial charge < -0.3 is 14.7 Å². The molecule has 2 N–H and O–H groups in total. The van der Waals surface area contributed by atoms with E-state index in [0.717, 1.165) is 16.6 Å². The summed E-state index contributed by atoms with van der Waals surface area (Å²) in [6.45, 7) is 0. The number of nitrogens with two attached hydrogens (primary N) is 1. The van der Waals surface area contributed by atoms with Gasteiger partial charge in [0.05, 0.1) is 38.7 Å². The monoisotopic (exact) mass is 459 g/mol. The van der Waals surface area contributed by atoms with Crippen LogP contribution in [0.2, 0.25) is 10.0 Å². The van der Waals surface area contributed by atoms with Gasteiger partial charge in [-0.15, -0.1) is 0 Å². The quantitative estimate of drug-likeness (QED) is 0.285. The lowest BCUT2D eigenvalue weighted by molar-refractivity contribution is 0.103. The van der Waals surface area contributed by atoms with E-state index >= 15 is 0 Å². The second kappa shape index (κ2) is 7.41. The number of ketones is 1. The van der Waals surface area contributed by atoms with E-state index in [-0.39, 0.29) is 11.3 Å². The molecule has 0 atom stereocenters. The van der Waals surface area contributed by atoms with Crippen LogP contribution in [0, 0.1) is 11.3 Å². The van der Waals surface area contributed by atoms with Crippen molar-refractivity contribution in [2.75, 3.05) is 5.73 Å². The molecule has 0 radical (unpaired) electrons. The number of hydrogen-bond acceptors (Lipinski definition) is 4. The number of aryl methyl sites for hydroxylation is 1. The molecular formula is C24H15Cl2N5O. The molecule has 156 valence electrons. The van der Waals surface area contributed by atoms with Gasteiger partial charge in [-0.05, 0) is 42.5 Å². The lowest BCUT2D eigenvalue weighted by Gasteiger charge is -2.12. The Morgan fingerprint density at radius 1 is 1.12 bits per heavy atom. The molecule has 0 aliphatic carbocycles. The Labute approximate surface area is 193 Å². The zero-order chi connectivity index (χ0) is 22.6. The first-order valence-corrected chi connectivity index (χ1v) is 10.4. The van der Waals surface area contributed by atoms with E-state index in [2.05, 4.69) is 4.98 Å². The number of pyridine rings is 1. The fourth-order valence-electron chi connectivity index (χ4n) is 3.92. The number of halogens is 2. The van der Waals surface area contributed by atoms with Crippen molar-refractivity contribution >= 4 is 51.2 Å². The van der Waals surface area contributed by atoms with Crippen molar-refractivity contribution < 1.29 is 4.79 Å². The van der Waals surface area contributed by atoms with Crippen molar-refractivity contribution in [1.29, 1.82) is 5.26 Å². The molecule has 0 amide bonds. The Kier molecular flexibility index (Phi) is 4.66. The zero-order valence-electron chi connectivity index (χ0n) is 16.8. The number of nitrogens with zero attached hydrogens (tertiary/aromatic N) is 4. The Bertz CT molecular complexity index is 1610. The van der Waals surface area contributed by atoms with Crippen LogP contribution in [0.5, 0.6) is 0 Å². The van der Waals surface area contributed by atoms with Crippen LogP contribution in [0.3, 0.4) is 0 Å². The van der Waals surface area contributed by atoms with Gasteiger partial charge in [0.25, 0.3) is 0 Å². The fourth-order valence-corrected chi connectivity index (χ4v) is 4.62. The number of nitriles is 1. The highest BCUT2D eigenvalue weighted by molar-refractivity contribution is 6.43. The third-order valence-electron chi connectivity index (χ3n) is 5.54. The summed E-state index contributed by atoms with van der Waals surface area (Å²) in [6, 6.07) is 15.9. The number of carbonyl (C=O) groups excluding carboxylic acids is 1. The average Bonchev–Trinajstić information content (AvgIpc) is 3.38. The molecule has 2 aromatic carbocycles. The number of fused-ring (bicyclic) bond motifs is 2. The van der Waals surface area contributed by atoms with Crippen molar-refractivity contribution in [2.24, 2.45) is 7.05 Å². The summed E-state index contributed by atoms with van der Waals surface area (Å²) in [4.78, 5) is 17.6. The standard InChI is InChI=1S/C24H15Cl2N5O/c1-30-12-29-23-20(30)10-16(25)21(22(23)26)15-3-2-8-31-18(15)6-7-19(31)24(32)13-4-5-17(28)14(9-13)11-27/h2-10,12H,28H2,1H3. The minimum atomic E-state index is -0.226. The first-order valence-electron chi connectivity index (χ1n) is 9.64. The number of hydrogen-bond donors (Lipinski definition) is 1. The largest absolute Gasteiger partial charge is 0.398 e. The van der Waals surface area contributed by atoms with E-state index in [1.807, 2.05) is 41.9 Å². The van der Waals surface area contributed by atoms with Crippen molar-refractivity contribution in [2.45, 2.75) is 0 Å². The fraction of sp³-hybridized carbons (Fsp3) is 0.0417. The van der Waals surface area contributed by atoms with Gasteiger partial charge in [0.1, 0.15) is 11.6 Å². The molecule has 0 fully saturated rings. The lowest BCUT2D eigenvalue weighted by atomic mass is 10.0. The zero-order valence-corrected chi connectivity index (χ0v) is 18.3. The van der Waals surface area contributed by atoms with Gasteiger partial charge in [-0.25, -0.2) is 4.98 Å². The van der Waals surface area contributed by atoms with Crippen molar-refractivity contribution in [3.8, 4) is 17.2 Å². The molecule has 0 spiro atoms. The van der Waals surface area contributed by atoms with E-state index in [1.54, 1.807) is 35.1 Å². The highest BCUT2D eigenvalue weighted by Gasteiger charge is 2.20. The van der Waals surface area contributed by atoms with Crippen LogP contribution < -0.4 is 5.73 Å². The number of rotatable bonds is 3. The molecule has 0 aliphatic heterocycles. The van der Waals surface area contributed by atoms with E-state index in [9.17, 15) is 10.1 Å². The molecule has 0 aliphatic rings. The smallest absolute Gasteiger partial charge is 0.209 e. The summed E-state index contributed by atoms with van der Waals surface area (Å²) < 4.78 is 3.64. The SMILES string of the molecule is Cn1cnc2c(Cl)c(-c3cccn4c(C(=O)c5ccc(N)c(C#N)c5)ccc34)c(Cl)cc21. The number of anilines is 1. The summed E-state index contributed by atoms with van der Waals surface area (Å²) in [7, 11) is 1.88. The second-order valence-corrected chi connectivity index (χ2v) is 8.19. The number of aromatic nitrogens is 3. The van der Waals surface area contributed by atoms with Gasteiger partial charge in [-0.1, -0.05) is 29.3 Å². The minimum absolute atomic E-state index is 0.226. The van der Waals surface area contributed by atoms with Gasteiger partial charge >= 0.3 is 0 Å². The summed E-state index contributed by atoms with van der Waals surface area (Å²) in [5, 5.41) is 10.2. The van der Waals surface area contributed by atoms with E-state index in [1.165, 1.54) is 6.07 Å². The van der Waals surface area contributed by atoms with Crippen molar-refractivity contribution in [1.82, 2.24) is 14.0 Å². The first kappa shape index (κ1) is 20.1. The Balaban J connectivity index is 1.69. The van der Waals surface area contributed by atoms with Crippen LogP contribution in [0.4, 0.5) is 5.69 Å². The molecule has 3 heterocycles. The van der Waals surface area contributed by atoms with Gasteiger partial charge in [0.2, 0.25) is 5.78 Å². The Morgan fingerprint density at radius 3 is 2.72 bits per heavy atom.